The Morgan fingerprint density at radius 1 is 1.05 bits per heavy atom. The monoisotopic (exact) mass is 351 g/mol. The average molecular weight is 353 g/mol. The van der Waals surface area contributed by atoms with Crippen LogP contribution in [0.1, 0.15) is 5.56 Å². The Morgan fingerprint density at radius 2 is 1.81 bits per heavy atom. The molecule has 0 saturated carbocycles. The predicted molar refractivity (Wildman–Crippen MR) is 81.9 cm³/mol. The number of benzene rings is 2. The van der Waals surface area contributed by atoms with E-state index in [4.69, 9.17) is 34.8 Å². The van der Waals surface area contributed by atoms with E-state index >= 15 is 0 Å². The normalized spacial score (nSPS) is 10.8. The van der Waals surface area contributed by atoms with Crippen molar-refractivity contribution in [1.29, 1.82) is 0 Å². The fourth-order valence-corrected chi connectivity index (χ4v) is 2.30. The van der Waals surface area contributed by atoms with Crippen LogP contribution in [0.5, 0.6) is 5.75 Å². The Bertz CT molecular complexity index is 638. The van der Waals surface area contributed by atoms with Crippen LogP contribution in [0.2, 0.25) is 15.1 Å². The molecule has 2 rings (SSSR count). The first-order chi connectivity index (χ1) is 9.97. The quantitative estimate of drug-likeness (QED) is 0.727. The highest BCUT2D eigenvalue weighted by Gasteiger charge is 2.09. The average Bonchev–Trinajstić information content (AvgIpc) is 2.43. The Kier molecular flexibility index (Phi) is 5.51. The molecule has 0 aliphatic heterocycles. The van der Waals surface area contributed by atoms with Gasteiger partial charge < -0.3 is 10.1 Å². The smallest absolute Gasteiger partial charge is 0.387 e. The molecule has 0 bridgehead atoms. The second-order valence-electron chi connectivity index (χ2n) is 4.09. The van der Waals surface area contributed by atoms with Crippen LogP contribution < -0.4 is 10.1 Å². The first-order valence-electron chi connectivity index (χ1n) is 5.88. The minimum absolute atomic E-state index is 0.0713. The number of hydrogen-bond donors (Lipinski definition) is 1. The molecule has 21 heavy (non-hydrogen) atoms. The Balaban J connectivity index is 2.07. The van der Waals surface area contributed by atoms with E-state index in [1.54, 1.807) is 18.2 Å². The third-order valence-corrected chi connectivity index (χ3v) is 3.82. The summed E-state index contributed by atoms with van der Waals surface area (Å²) in [5.41, 5.74) is 1.46. The van der Waals surface area contributed by atoms with Gasteiger partial charge in [0.05, 0.1) is 15.1 Å². The highest BCUT2D eigenvalue weighted by molar-refractivity contribution is 6.42. The summed E-state index contributed by atoms with van der Waals surface area (Å²) in [6, 6.07) is 9.77. The lowest BCUT2D eigenvalue weighted by molar-refractivity contribution is -0.0497. The largest absolute Gasteiger partial charge is 0.433 e. The van der Waals surface area contributed by atoms with Crippen molar-refractivity contribution < 1.29 is 13.5 Å². The molecule has 0 aliphatic carbocycles. The first-order valence-corrected chi connectivity index (χ1v) is 7.02. The molecule has 2 nitrogen and oxygen atoms in total. The van der Waals surface area contributed by atoms with Gasteiger partial charge in [0.25, 0.3) is 0 Å². The van der Waals surface area contributed by atoms with Gasteiger partial charge in [0.1, 0.15) is 5.75 Å². The molecular weight excluding hydrogens is 343 g/mol. The summed E-state index contributed by atoms with van der Waals surface area (Å²) < 4.78 is 28.5. The second kappa shape index (κ2) is 7.16. The Morgan fingerprint density at radius 3 is 2.48 bits per heavy atom. The van der Waals surface area contributed by atoms with Crippen LogP contribution in [-0.2, 0) is 6.54 Å². The van der Waals surface area contributed by atoms with Gasteiger partial charge in [0, 0.05) is 12.2 Å². The number of alkyl halides is 2. The van der Waals surface area contributed by atoms with Gasteiger partial charge in [-0.3, -0.25) is 0 Å². The van der Waals surface area contributed by atoms with Gasteiger partial charge in [-0.1, -0.05) is 46.9 Å². The van der Waals surface area contributed by atoms with E-state index in [1.807, 2.05) is 6.07 Å². The third-order valence-electron chi connectivity index (χ3n) is 2.66. The van der Waals surface area contributed by atoms with Crippen LogP contribution in [0, 0.1) is 0 Å². The minimum Gasteiger partial charge on any atom is -0.433 e. The maximum Gasteiger partial charge on any atom is 0.387 e. The lowest BCUT2D eigenvalue weighted by Gasteiger charge is -2.11. The second-order valence-corrected chi connectivity index (χ2v) is 5.28. The highest BCUT2D eigenvalue weighted by atomic mass is 35.5. The standard InChI is InChI=1S/C14H10Cl3F2NO/c15-10-3-1-2-8(13(10)17)7-20-9-4-5-12(11(16)6-9)21-14(18)19/h1-6,14,20H,7H2. The third kappa shape index (κ3) is 4.37. The van der Waals surface area contributed by atoms with Gasteiger partial charge in [0.15, 0.2) is 0 Å². The van der Waals surface area contributed by atoms with Crippen molar-refractivity contribution in [1.82, 2.24) is 0 Å². The molecule has 112 valence electrons. The lowest BCUT2D eigenvalue weighted by Crippen LogP contribution is -2.03. The number of halogens is 5. The van der Waals surface area contributed by atoms with Crippen molar-refractivity contribution in [3.05, 3.63) is 57.0 Å². The topological polar surface area (TPSA) is 21.3 Å². The molecule has 2 aromatic carbocycles. The zero-order chi connectivity index (χ0) is 15.4. The Labute approximate surface area is 135 Å². The van der Waals surface area contributed by atoms with Crippen LogP contribution in [0.3, 0.4) is 0 Å². The van der Waals surface area contributed by atoms with E-state index < -0.39 is 6.61 Å². The lowest BCUT2D eigenvalue weighted by atomic mass is 10.2. The van der Waals surface area contributed by atoms with Gasteiger partial charge in [-0.2, -0.15) is 8.78 Å². The molecule has 0 atom stereocenters. The van der Waals surface area contributed by atoms with Gasteiger partial charge >= 0.3 is 6.61 Å². The summed E-state index contributed by atoms with van der Waals surface area (Å²) in [6.07, 6.45) is 0. The number of ether oxygens (including phenoxy) is 1. The predicted octanol–water partition coefficient (Wildman–Crippen LogP) is 5.86. The van der Waals surface area contributed by atoms with Crippen LogP contribution in [-0.4, -0.2) is 6.61 Å². The molecule has 0 fully saturated rings. The van der Waals surface area contributed by atoms with E-state index in [0.29, 0.717) is 22.3 Å². The van der Waals surface area contributed by atoms with Crippen LogP contribution in [0.4, 0.5) is 14.5 Å². The van der Waals surface area contributed by atoms with Crippen molar-refractivity contribution in [2.24, 2.45) is 0 Å². The fourth-order valence-electron chi connectivity index (χ4n) is 1.68. The van der Waals surface area contributed by atoms with Crippen LogP contribution in [0.15, 0.2) is 36.4 Å². The van der Waals surface area contributed by atoms with Crippen molar-refractivity contribution in [2.45, 2.75) is 13.2 Å². The van der Waals surface area contributed by atoms with Gasteiger partial charge in [-0.05, 0) is 29.8 Å². The van der Waals surface area contributed by atoms with Crippen molar-refractivity contribution in [3.8, 4) is 5.75 Å². The number of hydrogen-bond acceptors (Lipinski definition) is 2. The summed E-state index contributed by atoms with van der Waals surface area (Å²) >= 11 is 17.9. The molecule has 1 N–H and O–H groups in total. The molecule has 0 heterocycles. The molecule has 0 saturated heterocycles. The minimum atomic E-state index is -2.91. The summed E-state index contributed by atoms with van der Waals surface area (Å²) in [5.74, 6) is -0.0713. The first kappa shape index (κ1) is 16.1. The zero-order valence-corrected chi connectivity index (χ0v) is 12.8. The van der Waals surface area contributed by atoms with E-state index in [0.717, 1.165) is 5.56 Å². The SMILES string of the molecule is FC(F)Oc1ccc(NCc2cccc(Cl)c2Cl)cc1Cl. The maximum absolute atomic E-state index is 12.1. The van der Waals surface area contributed by atoms with Gasteiger partial charge in [-0.25, -0.2) is 0 Å². The van der Waals surface area contributed by atoms with Crippen molar-refractivity contribution in [3.63, 3.8) is 0 Å². The molecule has 0 aliphatic rings. The Hall–Kier alpha value is -1.23. The number of anilines is 1. The van der Waals surface area contributed by atoms with E-state index in [2.05, 4.69) is 10.1 Å². The molecule has 7 heteroatoms. The highest BCUT2D eigenvalue weighted by Crippen LogP contribution is 2.30. The number of nitrogens with one attached hydrogen (secondary N) is 1. The summed E-state index contributed by atoms with van der Waals surface area (Å²) in [7, 11) is 0. The maximum atomic E-state index is 12.1. The molecule has 0 unspecified atom stereocenters. The summed E-state index contributed by atoms with van der Waals surface area (Å²) in [4.78, 5) is 0. The van der Waals surface area contributed by atoms with Gasteiger partial charge in [0.2, 0.25) is 0 Å². The summed E-state index contributed by atoms with van der Waals surface area (Å²) in [6.45, 7) is -2.49. The molecule has 0 aromatic heterocycles. The molecule has 0 radical (unpaired) electrons. The van der Waals surface area contributed by atoms with Crippen molar-refractivity contribution in [2.75, 3.05) is 5.32 Å². The molecule has 2 aromatic rings. The van der Waals surface area contributed by atoms with E-state index in [9.17, 15) is 8.78 Å². The van der Waals surface area contributed by atoms with Gasteiger partial charge in [-0.15, -0.1) is 0 Å². The van der Waals surface area contributed by atoms with E-state index in [1.165, 1.54) is 12.1 Å². The van der Waals surface area contributed by atoms with Crippen molar-refractivity contribution >= 4 is 40.5 Å². The van der Waals surface area contributed by atoms with Crippen LogP contribution in [0.25, 0.3) is 0 Å². The molecule has 0 amide bonds. The number of rotatable bonds is 5. The zero-order valence-electron chi connectivity index (χ0n) is 10.5. The molecule has 0 spiro atoms. The van der Waals surface area contributed by atoms with E-state index in [-0.39, 0.29) is 10.8 Å². The fraction of sp³-hybridized carbons (Fsp3) is 0.143. The van der Waals surface area contributed by atoms with Crippen LogP contribution >= 0.6 is 34.8 Å². The molecular formula is C14H10Cl3F2NO. The summed E-state index contributed by atoms with van der Waals surface area (Å²) in [5, 5.41) is 4.11.